The number of halogens is 1. The van der Waals surface area contributed by atoms with Crippen LogP contribution in [0.1, 0.15) is 102 Å². The molecule has 2 aromatic carbocycles. The first-order valence-electron chi connectivity index (χ1n) is 16.6. The monoisotopic (exact) mass is 712 g/mol. The maximum atomic E-state index is 6.13. The highest BCUT2D eigenvalue weighted by molar-refractivity contribution is 9.10. The fourth-order valence-electron chi connectivity index (χ4n) is 5.86. The second-order valence-electron chi connectivity index (χ2n) is 15.8. The third-order valence-electron chi connectivity index (χ3n) is 11.0. The van der Waals surface area contributed by atoms with Crippen molar-refractivity contribution in [1.82, 2.24) is 0 Å². The fraction of sp³-hybridized carbons (Fsp3) is 0.657. The van der Waals surface area contributed by atoms with Crippen molar-refractivity contribution in [3.8, 4) is 0 Å². The summed E-state index contributed by atoms with van der Waals surface area (Å²) in [7, 11) is -1.20. The largest absolute Gasteiger partial charge is 0.495 e. The number of nitrogens with one attached hydrogen (secondary N) is 2. The number of hydrogen-bond donors (Lipinski definition) is 2. The van der Waals surface area contributed by atoms with E-state index in [1.54, 1.807) is 0 Å². The van der Waals surface area contributed by atoms with Gasteiger partial charge in [-0.05, 0) is 131 Å². The normalized spacial score (nSPS) is 24.5. The molecule has 0 unspecified atom stereocenters. The SMILES string of the molecule is Brc1cccc2c1CCN2.C.CC1(C)OB(B2OC(C)(C)C(C)(C)O2)OC1(C)C.CC1(C)OB(c2cccc3c2CCN3)OC1(C)C. The number of rotatable bonds is 2. The lowest BCUT2D eigenvalue weighted by Gasteiger charge is -2.32. The van der Waals surface area contributed by atoms with Crippen molar-refractivity contribution in [2.24, 2.45) is 0 Å². The zero-order chi connectivity index (χ0) is 33.9. The molecule has 5 aliphatic rings. The summed E-state index contributed by atoms with van der Waals surface area (Å²) < 4.78 is 37.3. The lowest BCUT2D eigenvalue weighted by atomic mass is 9.49. The summed E-state index contributed by atoms with van der Waals surface area (Å²) in [5.41, 5.74) is 4.47. The summed E-state index contributed by atoms with van der Waals surface area (Å²) in [6.07, 6.45) is 2.20. The van der Waals surface area contributed by atoms with Gasteiger partial charge in [-0.3, -0.25) is 0 Å². The van der Waals surface area contributed by atoms with Crippen molar-refractivity contribution in [2.45, 2.75) is 137 Å². The molecule has 258 valence electrons. The predicted molar refractivity (Wildman–Crippen MR) is 200 cm³/mol. The molecule has 12 heteroatoms. The Kier molecular flexibility index (Phi) is 10.8. The first-order chi connectivity index (χ1) is 21.2. The minimum Gasteiger partial charge on any atom is -0.405 e. The Morgan fingerprint density at radius 1 is 0.532 bits per heavy atom. The van der Waals surface area contributed by atoms with E-state index in [9.17, 15) is 0 Å². The Morgan fingerprint density at radius 3 is 1.32 bits per heavy atom. The molecule has 7 rings (SSSR count). The average molecular weight is 713 g/mol. The van der Waals surface area contributed by atoms with Crippen LogP contribution in [0.3, 0.4) is 0 Å². The molecule has 0 spiro atoms. The Morgan fingerprint density at radius 2 is 0.894 bits per heavy atom. The lowest BCUT2D eigenvalue weighted by Crippen LogP contribution is -2.41. The first-order valence-corrected chi connectivity index (χ1v) is 17.4. The number of anilines is 2. The van der Waals surface area contributed by atoms with Crippen LogP contribution in [0.2, 0.25) is 0 Å². The molecule has 47 heavy (non-hydrogen) atoms. The highest BCUT2D eigenvalue weighted by atomic mass is 79.9. The van der Waals surface area contributed by atoms with Crippen LogP contribution in [-0.4, -0.2) is 67.8 Å². The van der Waals surface area contributed by atoms with E-state index in [2.05, 4.69) is 90.7 Å². The standard InChI is InChI=1S/C14H20BNO2.C12H24B2O4.C8H8BrN.CH4/c1-13(2)14(3,4)18-15(17-13)11-6-5-7-12-10(11)8-9-16-12;1-9(2)10(3,4)16-13(15-9)14-17-11(5,6)12(7,8)18-14;9-7-2-1-3-8-6(7)4-5-10-8;/h5-7,16H,8-9H2,1-4H3;1-8H3;1-3,10H,4-5H2;1H4. The lowest BCUT2D eigenvalue weighted by molar-refractivity contribution is 0.00578. The van der Waals surface area contributed by atoms with Crippen molar-refractivity contribution in [2.75, 3.05) is 23.7 Å². The second-order valence-corrected chi connectivity index (χ2v) is 16.7. The van der Waals surface area contributed by atoms with E-state index in [-0.39, 0.29) is 48.2 Å². The molecule has 0 saturated carbocycles. The van der Waals surface area contributed by atoms with Gasteiger partial charge in [0.15, 0.2) is 0 Å². The molecule has 2 aromatic rings. The van der Waals surface area contributed by atoms with Crippen molar-refractivity contribution < 1.29 is 27.9 Å². The van der Waals surface area contributed by atoms with Crippen LogP contribution in [0.4, 0.5) is 11.4 Å². The molecule has 5 aliphatic heterocycles. The third-order valence-corrected chi connectivity index (χ3v) is 11.7. The van der Waals surface area contributed by atoms with Crippen LogP contribution in [0.15, 0.2) is 40.9 Å². The summed E-state index contributed by atoms with van der Waals surface area (Å²) in [6.45, 7) is 26.7. The molecule has 0 amide bonds. The van der Waals surface area contributed by atoms with Gasteiger partial charge in [0, 0.05) is 28.9 Å². The Bertz CT molecular complexity index is 1350. The molecule has 0 aliphatic carbocycles. The molecular formula is C35H56B3BrN2O6. The van der Waals surface area contributed by atoms with E-state index in [4.69, 9.17) is 27.9 Å². The van der Waals surface area contributed by atoms with Crippen LogP contribution in [0.25, 0.3) is 0 Å². The quantitative estimate of drug-likeness (QED) is 0.316. The molecule has 3 saturated heterocycles. The minimum atomic E-state index is -0.476. The van der Waals surface area contributed by atoms with Crippen LogP contribution in [0, 0.1) is 0 Å². The summed E-state index contributed by atoms with van der Waals surface area (Å²) in [5, 5.41) is 6.71. The smallest absolute Gasteiger partial charge is 0.405 e. The maximum Gasteiger partial charge on any atom is 0.495 e. The molecule has 2 N–H and O–H groups in total. The third kappa shape index (κ3) is 7.49. The summed E-state index contributed by atoms with van der Waals surface area (Å²) >= 11 is 3.51. The minimum absolute atomic E-state index is 0. The molecule has 0 atom stereocenters. The summed E-state index contributed by atoms with van der Waals surface area (Å²) in [4.78, 5) is 0. The van der Waals surface area contributed by atoms with Crippen molar-refractivity contribution >= 4 is 53.9 Å². The van der Waals surface area contributed by atoms with Gasteiger partial charge in [-0.1, -0.05) is 41.6 Å². The Labute approximate surface area is 293 Å². The van der Waals surface area contributed by atoms with Gasteiger partial charge in [-0.2, -0.15) is 0 Å². The van der Waals surface area contributed by atoms with Crippen LogP contribution >= 0.6 is 15.9 Å². The molecule has 3 fully saturated rings. The molecule has 0 bridgehead atoms. The molecule has 0 radical (unpaired) electrons. The van der Waals surface area contributed by atoms with E-state index in [1.807, 2.05) is 55.4 Å². The van der Waals surface area contributed by atoms with E-state index in [0.717, 1.165) is 25.9 Å². The molecule has 0 aromatic heterocycles. The van der Waals surface area contributed by atoms with Crippen molar-refractivity contribution in [1.29, 1.82) is 0 Å². The summed E-state index contributed by atoms with van der Waals surface area (Å²) in [5.74, 6) is 0. The zero-order valence-electron chi connectivity index (χ0n) is 29.9. The topological polar surface area (TPSA) is 79.4 Å². The van der Waals surface area contributed by atoms with Crippen LogP contribution in [0.5, 0.6) is 0 Å². The van der Waals surface area contributed by atoms with Gasteiger partial charge >= 0.3 is 21.1 Å². The Balaban J connectivity index is 0.000000164. The molecular weight excluding hydrogens is 657 g/mol. The maximum absolute atomic E-state index is 6.13. The molecule has 5 heterocycles. The number of hydrogen-bond acceptors (Lipinski definition) is 8. The number of benzene rings is 2. The van der Waals surface area contributed by atoms with Crippen molar-refractivity contribution in [3.63, 3.8) is 0 Å². The summed E-state index contributed by atoms with van der Waals surface area (Å²) in [6, 6.07) is 12.6. The fourth-order valence-corrected chi connectivity index (χ4v) is 6.43. The highest BCUT2D eigenvalue weighted by Gasteiger charge is 2.63. The second kappa shape index (κ2) is 13.3. The van der Waals surface area contributed by atoms with Gasteiger partial charge in [-0.25, -0.2) is 0 Å². The van der Waals surface area contributed by atoms with Gasteiger partial charge in [0.25, 0.3) is 0 Å². The van der Waals surface area contributed by atoms with Gasteiger partial charge in [0.05, 0.1) is 33.6 Å². The van der Waals surface area contributed by atoms with Gasteiger partial charge in [0.1, 0.15) is 0 Å². The van der Waals surface area contributed by atoms with E-state index >= 15 is 0 Å². The Hall–Kier alpha value is -1.53. The zero-order valence-corrected chi connectivity index (χ0v) is 31.4. The highest BCUT2D eigenvalue weighted by Crippen LogP contribution is 2.43. The van der Waals surface area contributed by atoms with Crippen molar-refractivity contribution in [3.05, 3.63) is 52.0 Å². The van der Waals surface area contributed by atoms with E-state index in [1.165, 1.54) is 32.4 Å². The van der Waals surface area contributed by atoms with Gasteiger partial charge < -0.3 is 38.6 Å². The number of fused-ring (bicyclic) bond motifs is 2. The van der Waals surface area contributed by atoms with Crippen LogP contribution < -0.4 is 16.1 Å². The van der Waals surface area contributed by atoms with Crippen LogP contribution in [-0.2, 0) is 40.8 Å². The van der Waals surface area contributed by atoms with E-state index in [0.29, 0.717) is 0 Å². The first kappa shape index (κ1) is 38.3. The molecule has 8 nitrogen and oxygen atoms in total. The predicted octanol–water partition coefficient (Wildman–Crippen LogP) is 7.26. The average Bonchev–Trinajstić information content (AvgIpc) is 3.72. The van der Waals surface area contributed by atoms with Gasteiger partial charge in [0.2, 0.25) is 0 Å². The van der Waals surface area contributed by atoms with Gasteiger partial charge in [-0.15, -0.1) is 0 Å². The van der Waals surface area contributed by atoms with E-state index < -0.39 is 14.0 Å².